The lowest BCUT2D eigenvalue weighted by Gasteiger charge is -2.37. The molecule has 0 spiro atoms. The molecule has 1 amide bonds. The van der Waals surface area contributed by atoms with E-state index in [-0.39, 0.29) is 0 Å². The predicted octanol–water partition coefficient (Wildman–Crippen LogP) is 2.25. The van der Waals surface area contributed by atoms with Gasteiger partial charge in [0.25, 0.3) is 0 Å². The molecule has 17 heavy (non-hydrogen) atoms. The van der Waals surface area contributed by atoms with Gasteiger partial charge in [0.15, 0.2) is 0 Å². The molecule has 0 saturated heterocycles. The Morgan fingerprint density at radius 1 is 1.35 bits per heavy atom. The Morgan fingerprint density at radius 3 is 2.53 bits per heavy atom. The first-order valence-corrected chi connectivity index (χ1v) is 7.91. The van der Waals surface area contributed by atoms with Gasteiger partial charge in [0.05, 0.1) is 5.75 Å². The number of carbonyl (C=O) groups excluding carboxylic acids is 1. The first kappa shape index (κ1) is 14.8. The first-order valence-electron chi connectivity index (χ1n) is 6.75. The van der Waals surface area contributed by atoms with Gasteiger partial charge in [-0.15, -0.1) is 0 Å². The SMILES string of the molecule is CC(C)N(C(=O)CSCCN)C1CCCCC1. The molecule has 3 nitrogen and oxygen atoms in total. The monoisotopic (exact) mass is 258 g/mol. The summed E-state index contributed by atoms with van der Waals surface area (Å²) < 4.78 is 0. The minimum atomic E-state index is 0.297. The van der Waals surface area contributed by atoms with Crippen molar-refractivity contribution in [2.75, 3.05) is 18.1 Å². The van der Waals surface area contributed by atoms with Crippen molar-refractivity contribution < 1.29 is 4.79 Å². The maximum Gasteiger partial charge on any atom is 0.233 e. The maximum absolute atomic E-state index is 12.2. The van der Waals surface area contributed by atoms with Crippen molar-refractivity contribution in [3.05, 3.63) is 0 Å². The summed E-state index contributed by atoms with van der Waals surface area (Å²) in [4.78, 5) is 14.3. The highest BCUT2D eigenvalue weighted by molar-refractivity contribution is 7.99. The lowest BCUT2D eigenvalue weighted by molar-refractivity contribution is -0.133. The van der Waals surface area contributed by atoms with Crippen LogP contribution in [0.3, 0.4) is 0 Å². The number of amides is 1. The van der Waals surface area contributed by atoms with E-state index in [1.54, 1.807) is 11.8 Å². The van der Waals surface area contributed by atoms with Gasteiger partial charge in [0.1, 0.15) is 0 Å². The molecule has 0 radical (unpaired) electrons. The van der Waals surface area contributed by atoms with Crippen LogP contribution in [0.4, 0.5) is 0 Å². The van der Waals surface area contributed by atoms with E-state index >= 15 is 0 Å². The van der Waals surface area contributed by atoms with Gasteiger partial charge in [-0.2, -0.15) is 11.8 Å². The van der Waals surface area contributed by atoms with Gasteiger partial charge in [0, 0.05) is 24.4 Å². The number of thioether (sulfide) groups is 1. The van der Waals surface area contributed by atoms with Gasteiger partial charge < -0.3 is 10.6 Å². The van der Waals surface area contributed by atoms with Crippen LogP contribution in [0.15, 0.2) is 0 Å². The molecule has 2 N–H and O–H groups in total. The fourth-order valence-corrected chi connectivity index (χ4v) is 3.22. The largest absolute Gasteiger partial charge is 0.337 e. The molecule has 0 aromatic rings. The van der Waals surface area contributed by atoms with Crippen molar-refractivity contribution in [1.29, 1.82) is 0 Å². The van der Waals surface area contributed by atoms with E-state index in [0.29, 0.717) is 30.3 Å². The second-order valence-electron chi connectivity index (χ2n) is 5.03. The highest BCUT2D eigenvalue weighted by Gasteiger charge is 2.26. The van der Waals surface area contributed by atoms with E-state index in [1.165, 1.54) is 32.1 Å². The number of nitrogens with zero attached hydrogens (tertiary/aromatic N) is 1. The van der Waals surface area contributed by atoms with Crippen LogP contribution in [0.2, 0.25) is 0 Å². The molecule has 0 bridgehead atoms. The van der Waals surface area contributed by atoms with E-state index in [1.807, 2.05) is 0 Å². The molecule has 1 aliphatic rings. The van der Waals surface area contributed by atoms with Crippen molar-refractivity contribution in [2.24, 2.45) is 5.73 Å². The standard InChI is InChI=1S/C13H26N2OS/c1-11(2)15(12-6-4-3-5-7-12)13(16)10-17-9-8-14/h11-12H,3-10,14H2,1-2H3. The van der Waals surface area contributed by atoms with Crippen LogP contribution < -0.4 is 5.73 Å². The Morgan fingerprint density at radius 2 is 2.00 bits per heavy atom. The fourth-order valence-electron chi connectivity index (χ4n) is 2.59. The Bertz CT molecular complexity index is 227. The van der Waals surface area contributed by atoms with Gasteiger partial charge in [0.2, 0.25) is 5.91 Å². The van der Waals surface area contributed by atoms with E-state index in [0.717, 1.165) is 5.75 Å². The third-order valence-corrected chi connectivity index (χ3v) is 4.28. The van der Waals surface area contributed by atoms with Gasteiger partial charge in [-0.05, 0) is 26.7 Å². The van der Waals surface area contributed by atoms with Crippen LogP contribution in [-0.2, 0) is 4.79 Å². The summed E-state index contributed by atoms with van der Waals surface area (Å²) in [5.41, 5.74) is 5.45. The summed E-state index contributed by atoms with van der Waals surface area (Å²) in [6.07, 6.45) is 6.25. The summed E-state index contributed by atoms with van der Waals surface area (Å²) in [5, 5.41) is 0. The minimum absolute atomic E-state index is 0.297. The molecule has 1 saturated carbocycles. The Hall–Kier alpha value is -0.220. The molecule has 0 unspecified atom stereocenters. The van der Waals surface area contributed by atoms with E-state index in [9.17, 15) is 4.79 Å². The molecule has 0 aromatic heterocycles. The normalized spacial score (nSPS) is 17.4. The third-order valence-electron chi connectivity index (χ3n) is 3.30. The molecular formula is C13H26N2OS. The number of hydrogen-bond donors (Lipinski definition) is 1. The summed E-state index contributed by atoms with van der Waals surface area (Å²) >= 11 is 1.65. The summed E-state index contributed by atoms with van der Waals surface area (Å²) in [6.45, 7) is 4.91. The lowest BCUT2D eigenvalue weighted by atomic mass is 9.93. The first-order chi connectivity index (χ1) is 8.16. The average Bonchev–Trinajstić information content (AvgIpc) is 2.30. The highest BCUT2D eigenvalue weighted by atomic mass is 32.2. The van der Waals surface area contributed by atoms with Crippen LogP contribution in [0.5, 0.6) is 0 Å². The van der Waals surface area contributed by atoms with Crippen molar-refractivity contribution in [2.45, 2.75) is 58.0 Å². The predicted molar refractivity (Wildman–Crippen MR) is 75.2 cm³/mol. The van der Waals surface area contributed by atoms with Crippen molar-refractivity contribution in [3.8, 4) is 0 Å². The van der Waals surface area contributed by atoms with Crippen LogP contribution in [-0.4, -0.2) is 40.9 Å². The molecule has 100 valence electrons. The Labute approximate surface area is 109 Å². The molecule has 1 aliphatic carbocycles. The van der Waals surface area contributed by atoms with E-state index < -0.39 is 0 Å². The van der Waals surface area contributed by atoms with E-state index in [4.69, 9.17) is 5.73 Å². The van der Waals surface area contributed by atoms with Gasteiger partial charge in [-0.1, -0.05) is 19.3 Å². The molecular weight excluding hydrogens is 232 g/mol. The van der Waals surface area contributed by atoms with Gasteiger partial charge in [-0.25, -0.2) is 0 Å². The van der Waals surface area contributed by atoms with Crippen LogP contribution in [0.1, 0.15) is 46.0 Å². The second-order valence-corrected chi connectivity index (χ2v) is 6.13. The zero-order chi connectivity index (χ0) is 12.7. The summed E-state index contributed by atoms with van der Waals surface area (Å²) in [5.74, 6) is 1.76. The number of rotatable bonds is 6. The molecule has 1 fully saturated rings. The summed E-state index contributed by atoms with van der Waals surface area (Å²) in [7, 11) is 0. The Balaban J connectivity index is 2.48. The molecule has 0 atom stereocenters. The van der Waals surface area contributed by atoms with Crippen LogP contribution in [0, 0.1) is 0 Å². The van der Waals surface area contributed by atoms with Crippen molar-refractivity contribution in [1.82, 2.24) is 4.90 Å². The minimum Gasteiger partial charge on any atom is -0.337 e. The highest BCUT2D eigenvalue weighted by Crippen LogP contribution is 2.24. The van der Waals surface area contributed by atoms with Crippen LogP contribution in [0.25, 0.3) is 0 Å². The molecule has 0 aromatic carbocycles. The fraction of sp³-hybridized carbons (Fsp3) is 0.923. The molecule has 0 aliphatic heterocycles. The van der Waals surface area contributed by atoms with Crippen molar-refractivity contribution >= 4 is 17.7 Å². The van der Waals surface area contributed by atoms with Crippen LogP contribution >= 0.6 is 11.8 Å². The molecule has 0 heterocycles. The van der Waals surface area contributed by atoms with Gasteiger partial charge in [-0.3, -0.25) is 4.79 Å². The van der Waals surface area contributed by atoms with Gasteiger partial charge >= 0.3 is 0 Å². The third kappa shape index (κ3) is 4.88. The number of carbonyl (C=O) groups is 1. The second kappa shape index (κ2) is 7.98. The smallest absolute Gasteiger partial charge is 0.233 e. The zero-order valence-corrected chi connectivity index (χ0v) is 12.0. The number of hydrogen-bond acceptors (Lipinski definition) is 3. The topological polar surface area (TPSA) is 46.3 Å². The molecule has 1 rings (SSSR count). The van der Waals surface area contributed by atoms with E-state index in [2.05, 4.69) is 18.7 Å². The Kier molecular flexibility index (Phi) is 6.97. The lowest BCUT2D eigenvalue weighted by Crippen LogP contribution is -2.46. The quantitative estimate of drug-likeness (QED) is 0.743. The summed E-state index contributed by atoms with van der Waals surface area (Å²) in [6, 6.07) is 0.804. The average molecular weight is 258 g/mol. The number of nitrogens with two attached hydrogens (primary N) is 1. The molecule has 4 heteroatoms. The van der Waals surface area contributed by atoms with Crippen molar-refractivity contribution in [3.63, 3.8) is 0 Å². The zero-order valence-electron chi connectivity index (χ0n) is 11.2. The maximum atomic E-state index is 12.2.